The molecular formula is C9H25N3O3Si. The molecule has 0 bridgehead atoms. The molecule has 0 amide bonds. The lowest BCUT2D eigenvalue weighted by atomic mass is 10.1. The Labute approximate surface area is 99.0 Å². The van der Waals surface area contributed by atoms with Gasteiger partial charge in [-0.15, -0.1) is 0 Å². The molecule has 0 aromatic carbocycles. The standard InChI is InChI=1S/C9H25N3O3Si/c1-13-16(14-2,15-3)7-9(4-5-10)6-12-8-11/h9,12H,4-8,10-11H2,1-3H3. The monoisotopic (exact) mass is 251 g/mol. The molecule has 0 saturated carbocycles. The second kappa shape index (κ2) is 9.05. The van der Waals surface area contributed by atoms with Gasteiger partial charge in [0.1, 0.15) is 0 Å². The van der Waals surface area contributed by atoms with Crippen molar-refractivity contribution in [3.63, 3.8) is 0 Å². The number of nitrogens with one attached hydrogen (secondary N) is 1. The van der Waals surface area contributed by atoms with Crippen LogP contribution >= 0.6 is 0 Å². The second-order valence-electron chi connectivity index (χ2n) is 3.60. The van der Waals surface area contributed by atoms with Gasteiger partial charge in [-0.25, -0.2) is 0 Å². The fraction of sp³-hybridized carbons (Fsp3) is 1.00. The van der Waals surface area contributed by atoms with Gasteiger partial charge in [-0.2, -0.15) is 0 Å². The van der Waals surface area contributed by atoms with Crippen molar-refractivity contribution in [1.29, 1.82) is 0 Å². The Morgan fingerprint density at radius 1 is 1.12 bits per heavy atom. The number of hydrogen-bond donors (Lipinski definition) is 3. The van der Waals surface area contributed by atoms with Gasteiger partial charge in [-0.1, -0.05) is 0 Å². The molecule has 0 spiro atoms. The first-order valence-corrected chi connectivity index (χ1v) is 7.37. The van der Waals surface area contributed by atoms with Gasteiger partial charge in [0.15, 0.2) is 0 Å². The molecule has 7 heteroatoms. The molecule has 0 radical (unpaired) electrons. The average molecular weight is 251 g/mol. The van der Waals surface area contributed by atoms with Crippen molar-refractivity contribution in [2.24, 2.45) is 17.4 Å². The zero-order chi connectivity index (χ0) is 12.4. The zero-order valence-corrected chi connectivity index (χ0v) is 11.5. The van der Waals surface area contributed by atoms with Crippen molar-refractivity contribution < 1.29 is 13.3 Å². The van der Waals surface area contributed by atoms with Crippen LogP contribution in [0.2, 0.25) is 6.04 Å². The highest BCUT2D eigenvalue weighted by Gasteiger charge is 2.40. The molecule has 0 heterocycles. The molecule has 98 valence electrons. The molecule has 0 aromatic rings. The van der Waals surface area contributed by atoms with E-state index in [2.05, 4.69) is 5.32 Å². The van der Waals surface area contributed by atoms with Crippen molar-refractivity contribution in [1.82, 2.24) is 5.32 Å². The molecule has 6 nitrogen and oxygen atoms in total. The van der Waals surface area contributed by atoms with Gasteiger partial charge in [-0.05, 0) is 25.4 Å². The predicted octanol–water partition coefficient (Wildman–Crippen LogP) is -0.665. The molecule has 0 aliphatic carbocycles. The van der Waals surface area contributed by atoms with Gasteiger partial charge in [0, 0.05) is 34.0 Å². The van der Waals surface area contributed by atoms with E-state index >= 15 is 0 Å². The summed E-state index contributed by atoms with van der Waals surface area (Å²) in [6, 6.07) is 0.751. The van der Waals surface area contributed by atoms with Crippen LogP contribution in [0.15, 0.2) is 0 Å². The van der Waals surface area contributed by atoms with E-state index in [1.54, 1.807) is 21.3 Å². The Bertz CT molecular complexity index is 162. The molecule has 0 saturated heterocycles. The molecule has 1 unspecified atom stereocenters. The summed E-state index contributed by atoms with van der Waals surface area (Å²) in [7, 11) is 2.36. The molecule has 0 rings (SSSR count). The Morgan fingerprint density at radius 3 is 2.06 bits per heavy atom. The highest BCUT2D eigenvalue weighted by Crippen LogP contribution is 2.21. The van der Waals surface area contributed by atoms with E-state index in [1.807, 2.05) is 0 Å². The largest absolute Gasteiger partial charge is 0.500 e. The van der Waals surface area contributed by atoms with Crippen LogP contribution in [0.3, 0.4) is 0 Å². The van der Waals surface area contributed by atoms with E-state index in [4.69, 9.17) is 24.7 Å². The number of nitrogens with two attached hydrogens (primary N) is 2. The fourth-order valence-electron chi connectivity index (χ4n) is 1.65. The van der Waals surface area contributed by atoms with Crippen molar-refractivity contribution in [3.8, 4) is 0 Å². The first-order valence-electron chi connectivity index (χ1n) is 5.44. The van der Waals surface area contributed by atoms with Crippen LogP contribution in [0.5, 0.6) is 0 Å². The molecule has 0 aromatic heterocycles. The Hall–Kier alpha value is -0.0231. The minimum absolute atomic E-state index is 0.361. The third-order valence-corrected chi connectivity index (χ3v) is 5.57. The van der Waals surface area contributed by atoms with Gasteiger partial charge < -0.3 is 30.1 Å². The van der Waals surface area contributed by atoms with Crippen LogP contribution in [0.4, 0.5) is 0 Å². The summed E-state index contributed by atoms with van der Waals surface area (Å²) in [5, 5.41) is 3.11. The molecular weight excluding hydrogens is 226 g/mol. The van der Waals surface area contributed by atoms with Crippen molar-refractivity contribution >= 4 is 8.80 Å². The maximum atomic E-state index is 5.58. The summed E-state index contributed by atoms with van der Waals surface area (Å²) in [4.78, 5) is 0. The Morgan fingerprint density at radius 2 is 1.69 bits per heavy atom. The minimum atomic E-state index is -2.50. The summed E-state index contributed by atoms with van der Waals surface area (Å²) in [5.74, 6) is 0.361. The van der Waals surface area contributed by atoms with E-state index in [9.17, 15) is 0 Å². The third kappa shape index (κ3) is 5.35. The van der Waals surface area contributed by atoms with Crippen LogP contribution in [-0.4, -0.2) is 49.9 Å². The van der Waals surface area contributed by atoms with Crippen LogP contribution in [0, 0.1) is 5.92 Å². The van der Waals surface area contributed by atoms with Gasteiger partial charge >= 0.3 is 8.80 Å². The molecule has 0 fully saturated rings. The highest BCUT2D eigenvalue weighted by molar-refractivity contribution is 6.60. The highest BCUT2D eigenvalue weighted by atomic mass is 28.4. The van der Waals surface area contributed by atoms with Gasteiger partial charge in [0.25, 0.3) is 0 Å². The molecule has 5 N–H and O–H groups in total. The summed E-state index contributed by atoms with van der Waals surface area (Å²) in [6.07, 6.45) is 0.901. The van der Waals surface area contributed by atoms with Gasteiger partial charge in [0.05, 0.1) is 0 Å². The molecule has 1 atom stereocenters. The van der Waals surface area contributed by atoms with Crippen molar-refractivity contribution in [3.05, 3.63) is 0 Å². The Balaban J connectivity index is 4.31. The Kier molecular flexibility index (Phi) is 9.04. The molecule has 0 aliphatic heterocycles. The lowest BCUT2D eigenvalue weighted by Gasteiger charge is -2.28. The predicted molar refractivity (Wildman–Crippen MR) is 65.8 cm³/mol. The molecule has 16 heavy (non-hydrogen) atoms. The molecule has 0 aliphatic rings. The van der Waals surface area contributed by atoms with Gasteiger partial charge in [-0.3, -0.25) is 0 Å². The van der Waals surface area contributed by atoms with Crippen LogP contribution in [0.25, 0.3) is 0 Å². The lowest BCUT2D eigenvalue weighted by Crippen LogP contribution is -2.46. The van der Waals surface area contributed by atoms with Crippen molar-refractivity contribution in [2.45, 2.75) is 12.5 Å². The first kappa shape index (κ1) is 16.0. The topological polar surface area (TPSA) is 91.8 Å². The summed E-state index contributed by atoms with van der Waals surface area (Å²) < 4.78 is 16.2. The summed E-state index contributed by atoms with van der Waals surface area (Å²) in [6.45, 7) is 1.90. The van der Waals surface area contributed by atoms with E-state index in [0.29, 0.717) is 19.1 Å². The zero-order valence-electron chi connectivity index (χ0n) is 10.5. The normalized spacial score (nSPS) is 14.1. The SMILES string of the molecule is CO[Si](CC(CCN)CNCN)(OC)OC. The van der Waals surface area contributed by atoms with Crippen LogP contribution in [0.1, 0.15) is 6.42 Å². The van der Waals surface area contributed by atoms with Crippen molar-refractivity contribution in [2.75, 3.05) is 41.1 Å². The first-order chi connectivity index (χ1) is 7.67. The maximum Gasteiger partial charge on any atom is 0.500 e. The van der Waals surface area contributed by atoms with Gasteiger partial charge in [0.2, 0.25) is 0 Å². The van der Waals surface area contributed by atoms with E-state index in [-0.39, 0.29) is 0 Å². The smallest absolute Gasteiger partial charge is 0.377 e. The second-order valence-corrected chi connectivity index (χ2v) is 6.60. The average Bonchev–Trinajstić information content (AvgIpc) is 2.33. The summed E-state index contributed by atoms with van der Waals surface area (Å²) >= 11 is 0. The van der Waals surface area contributed by atoms with E-state index < -0.39 is 8.80 Å². The quantitative estimate of drug-likeness (QED) is 0.352. The minimum Gasteiger partial charge on any atom is -0.377 e. The maximum absolute atomic E-state index is 5.58. The fourth-order valence-corrected chi connectivity index (χ4v) is 3.71. The number of rotatable bonds is 10. The van der Waals surface area contributed by atoms with Crippen LogP contribution < -0.4 is 16.8 Å². The number of hydrogen-bond acceptors (Lipinski definition) is 6. The third-order valence-electron chi connectivity index (χ3n) is 2.62. The van der Waals surface area contributed by atoms with E-state index in [0.717, 1.165) is 19.0 Å². The summed E-state index contributed by atoms with van der Waals surface area (Å²) in [5.41, 5.74) is 11.0. The van der Waals surface area contributed by atoms with E-state index in [1.165, 1.54) is 0 Å². The van der Waals surface area contributed by atoms with Crippen LogP contribution in [-0.2, 0) is 13.3 Å². The lowest BCUT2D eigenvalue weighted by molar-refractivity contribution is 0.117.